The molecule has 144 valence electrons. The topological polar surface area (TPSA) is 69.0 Å². The van der Waals surface area contributed by atoms with Gasteiger partial charge in [-0.2, -0.15) is 0 Å². The molecule has 0 spiro atoms. The Morgan fingerprint density at radius 2 is 2.04 bits per heavy atom. The minimum absolute atomic E-state index is 0.0918. The van der Waals surface area contributed by atoms with Crippen LogP contribution in [0.3, 0.4) is 0 Å². The fourth-order valence-corrected chi connectivity index (χ4v) is 3.12. The number of rotatable bonds is 4. The predicted octanol–water partition coefficient (Wildman–Crippen LogP) is 3.41. The fourth-order valence-electron chi connectivity index (χ4n) is 2.99. The van der Waals surface area contributed by atoms with Crippen LogP contribution in [0.2, 0.25) is 5.02 Å². The average molecular weight is 405 g/mol. The molecule has 0 saturated heterocycles. The molecule has 1 N–H and O–H groups in total. The van der Waals surface area contributed by atoms with Crippen LogP contribution in [-0.2, 0) is 24.4 Å². The summed E-state index contributed by atoms with van der Waals surface area (Å²) in [6.07, 6.45) is -0.226. The molecule has 0 saturated carbocycles. The lowest BCUT2D eigenvalue weighted by Gasteiger charge is -2.24. The number of benzene rings is 2. The number of carbonyl (C=O) groups excluding carboxylic acids is 1. The molecule has 1 aromatic heterocycles. The van der Waals surface area contributed by atoms with Crippen molar-refractivity contribution in [1.29, 1.82) is 0 Å². The fraction of sp³-hybridized carbons (Fsp3) is 0.211. The van der Waals surface area contributed by atoms with Crippen molar-refractivity contribution in [1.82, 2.24) is 20.3 Å². The highest BCUT2D eigenvalue weighted by molar-refractivity contribution is 6.30. The van der Waals surface area contributed by atoms with Crippen molar-refractivity contribution >= 4 is 17.5 Å². The number of hydrogen-bond donors (Lipinski definition) is 1. The zero-order valence-corrected chi connectivity index (χ0v) is 15.3. The van der Waals surface area contributed by atoms with Gasteiger partial charge in [-0.05, 0) is 23.8 Å². The number of aromatic nitrogens is 3. The third-order valence-corrected chi connectivity index (χ3v) is 4.76. The molecule has 0 radical (unpaired) electrons. The van der Waals surface area contributed by atoms with Crippen LogP contribution in [0.25, 0.3) is 0 Å². The molecule has 1 atom stereocenters. The van der Waals surface area contributed by atoms with E-state index in [0.717, 1.165) is 17.7 Å². The minimum atomic E-state index is -0.723. The van der Waals surface area contributed by atoms with E-state index < -0.39 is 17.5 Å². The Balaban J connectivity index is 1.45. The van der Waals surface area contributed by atoms with E-state index in [2.05, 4.69) is 15.6 Å². The second kappa shape index (κ2) is 7.65. The zero-order chi connectivity index (χ0) is 19.7. The Morgan fingerprint density at radius 3 is 2.79 bits per heavy atom. The van der Waals surface area contributed by atoms with E-state index in [-0.39, 0.29) is 30.5 Å². The number of carbonyl (C=O) groups is 1. The van der Waals surface area contributed by atoms with Crippen molar-refractivity contribution < 1.29 is 18.3 Å². The zero-order valence-electron chi connectivity index (χ0n) is 14.5. The van der Waals surface area contributed by atoms with Crippen LogP contribution in [0.4, 0.5) is 8.78 Å². The predicted molar refractivity (Wildman–Crippen MR) is 96.5 cm³/mol. The maximum atomic E-state index is 13.7. The van der Waals surface area contributed by atoms with Gasteiger partial charge < -0.3 is 10.1 Å². The van der Waals surface area contributed by atoms with Crippen LogP contribution >= 0.6 is 11.6 Å². The molecule has 0 fully saturated rings. The first kappa shape index (κ1) is 18.5. The van der Waals surface area contributed by atoms with Crippen molar-refractivity contribution in [2.45, 2.75) is 25.8 Å². The molecule has 1 aliphatic heterocycles. The lowest BCUT2D eigenvalue weighted by atomic mass is 10.1. The summed E-state index contributed by atoms with van der Waals surface area (Å²) in [6.45, 7) is 0.475. The maximum absolute atomic E-state index is 13.7. The molecule has 4 rings (SSSR count). The smallest absolute Gasteiger partial charge is 0.274 e. The summed E-state index contributed by atoms with van der Waals surface area (Å²) >= 11 is 5.91. The molecule has 1 amide bonds. The molecule has 0 unspecified atom stereocenters. The van der Waals surface area contributed by atoms with Crippen LogP contribution in [0.5, 0.6) is 0 Å². The summed E-state index contributed by atoms with van der Waals surface area (Å²) in [5.41, 5.74) is 1.79. The Kier molecular flexibility index (Phi) is 5.06. The van der Waals surface area contributed by atoms with Crippen molar-refractivity contribution in [2.24, 2.45) is 0 Å². The Morgan fingerprint density at radius 1 is 1.25 bits per heavy atom. The molecule has 3 aromatic rings. The molecule has 2 heterocycles. The second-order valence-electron chi connectivity index (χ2n) is 6.34. The van der Waals surface area contributed by atoms with Gasteiger partial charge in [0, 0.05) is 23.2 Å². The summed E-state index contributed by atoms with van der Waals surface area (Å²) in [7, 11) is 0. The molecule has 2 aromatic carbocycles. The number of nitrogens with one attached hydrogen (secondary N) is 1. The van der Waals surface area contributed by atoms with Crippen molar-refractivity contribution in [2.75, 3.05) is 0 Å². The largest absolute Gasteiger partial charge is 0.365 e. The number of amides is 1. The van der Waals surface area contributed by atoms with Crippen molar-refractivity contribution in [3.8, 4) is 0 Å². The molecule has 6 nitrogen and oxygen atoms in total. The van der Waals surface area contributed by atoms with Crippen LogP contribution in [-0.4, -0.2) is 20.9 Å². The van der Waals surface area contributed by atoms with Gasteiger partial charge in [-0.25, -0.2) is 13.5 Å². The van der Waals surface area contributed by atoms with E-state index in [0.29, 0.717) is 17.3 Å². The first-order chi connectivity index (χ1) is 13.5. The first-order valence-corrected chi connectivity index (χ1v) is 8.90. The quantitative estimate of drug-likeness (QED) is 0.723. The van der Waals surface area contributed by atoms with Crippen LogP contribution in [0, 0.1) is 11.6 Å². The standard InChI is InChI=1S/C19H15ClF2N4O2/c20-13-4-1-11(2-5-13)17-9-26-16(10-28-17)18(24-25-26)19(27)23-8-12-3-6-14(21)7-15(12)22/h1-7,17H,8-10H2,(H,23,27)/t17-/m0/s1. The van der Waals surface area contributed by atoms with Gasteiger partial charge in [0.15, 0.2) is 5.69 Å². The van der Waals surface area contributed by atoms with Gasteiger partial charge in [-0.15, -0.1) is 5.10 Å². The van der Waals surface area contributed by atoms with E-state index in [9.17, 15) is 13.6 Å². The molecule has 0 bridgehead atoms. The van der Waals surface area contributed by atoms with Gasteiger partial charge >= 0.3 is 0 Å². The SMILES string of the molecule is O=C(NCc1ccc(F)cc1F)c1nnn2c1CO[C@H](c1ccc(Cl)cc1)C2. The highest BCUT2D eigenvalue weighted by Crippen LogP contribution is 2.27. The van der Waals surface area contributed by atoms with Gasteiger partial charge in [0.1, 0.15) is 17.7 Å². The molecule has 28 heavy (non-hydrogen) atoms. The summed E-state index contributed by atoms with van der Waals surface area (Å²) in [5.74, 6) is -1.90. The van der Waals surface area contributed by atoms with E-state index >= 15 is 0 Å². The highest BCUT2D eigenvalue weighted by atomic mass is 35.5. The summed E-state index contributed by atoms with van der Waals surface area (Å²) in [5, 5.41) is 11.2. The number of hydrogen-bond acceptors (Lipinski definition) is 4. The first-order valence-electron chi connectivity index (χ1n) is 8.53. The highest BCUT2D eigenvalue weighted by Gasteiger charge is 2.27. The number of fused-ring (bicyclic) bond motifs is 1. The summed E-state index contributed by atoms with van der Waals surface area (Å²) in [4.78, 5) is 12.4. The van der Waals surface area contributed by atoms with Crippen molar-refractivity contribution in [3.63, 3.8) is 0 Å². The van der Waals surface area contributed by atoms with Gasteiger partial charge in [-0.3, -0.25) is 4.79 Å². The normalized spacial score (nSPS) is 15.9. The number of halogens is 3. The van der Waals surface area contributed by atoms with Gasteiger partial charge in [0.25, 0.3) is 5.91 Å². The Labute approximate surface area is 164 Å². The van der Waals surface area contributed by atoms with Crippen molar-refractivity contribution in [3.05, 3.63) is 81.6 Å². The lowest BCUT2D eigenvalue weighted by Crippen LogP contribution is -2.27. The van der Waals surface area contributed by atoms with Crippen LogP contribution in [0.15, 0.2) is 42.5 Å². The Hall–Kier alpha value is -2.84. The van der Waals surface area contributed by atoms with Gasteiger partial charge in [0.05, 0.1) is 18.8 Å². The Bertz CT molecular complexity index is 1020. The second-order valence-corrected chi connectivity index (χ2v) is 6.77. The third kappa shape index (κ3) is 3.74. The summed E-state index contributed by atoms with van der Waals surface area (Å²) < 4.78 is 34.1. The maximum Gasteiger partial charge on any atom is 0.274 e. The van der Waals surface area contributed by atoms with E-state index in [1.807, 2.05) is 12.1 Å². The molecular formula is C19H15ClF2N4O2. The van der Waals surface area contributed by atoms with Crippen LogP contribution < -0.4 is 5.32 Å². The lowest BCUT2D eigenvalue weighted by molar-refractivity contribution is -0.00177. The number of nitrogens with zero attached hydrogens (tertiary/aromatic N) is 3. The van der Waals surface area contributed by atoms with Gasteiger partial charge in [-0.1, -0.05) is 35.0 Å². The summed E-state index contributed by atoms with van der Waals surface area (Å²) in [6, 6.07) is 10.5. The molecular weight excluding hydrogens is 390 g/mol. The van der Waals surface area contributed by atoms with E-state index in [1.54, 1.807) is 16.8 Å². The third-order valence-electron chi connectivity index (χ3n) is 4.51. The van der Waals surface area contributed by atoms with E-state index in [4.69, 9.17) is 16.3 Å². The average Bonchev–Trinajstić information content (AvgIpc) is 3.11. The molecule has 1 aliphatic rings. The van der Waals surface area contributed by atoms with Gasteiger partial charge in [0.2, 0.25) is 0 Å². The van der Waals surface area contributed by atoms with E-state index in [1.165, 1.54) is 6.07 Å². The monoisotopic (exact) mass is 404 g/mol. The molecule has 0 aliphatic carbocycles. The molecule has 9 heteroatoms. The van der Waals surface area contributed by atoms with Crippen LogP contribution in [0.1, 0.15) is 33.4 Å². The number of ether oxygens (including phenoxy) is 1. The minimum Gasteiger partial charge on any atom is -0.365 e.